The van der Waals surface area contributed by atoms with Crippen molar-refractivity contribution in [3.8, 4) is 0 Å². The van der Waals surface area contributed by atoms with Gasteiger partial charge in [0.05, 0.1) is 17.9 Å². The maximum Gasteiger partial charge on any atom is 0.323 e. The summed E-state index contributed by atoms with van der Waals surface area (Å²) in [6, 6.07) is 3.57. The smallest absolute Gasteiger partial charge is 0.323 e. The number of hydrogen-bond donors (Lipinski definition) is 3. The van der Waals surface area contributed by atoms with Gasteiger partial charge in [0.1, 0.15) is 5.82 Å². The topological polar surface area (TPSA) is 99.1 Å². The fraction of sp³-hybridized carbons (Fsp3) is 0.353. The lowest BCUT2D eigenvalue weighted by atomic mass is 9.92. The molecule has 0 radical (unpaired) electrons. The van der Waals surface area contributed by atoms with Gasteiger partial charge in [-0.3, -0.25) is 10.00 Å². The number of aromatic amines is 1. The number of H-pyrrole nitrogens is 1. The molecular weight excluding hydrogens is 320 g/mol. The lowest BCUT2D eigenvalue weighted by Gasteiger charge is -2.16. The van der Waals surface area contributed by atoms with Crippen LogP contribution < -0.4 is 5.32 Å². The number of carbonyl (C=O) groups excluding carboxylic acids is 1. The first-order valence-electron chi connectivity index (χ1n) is 8.22. The fourth-order valence-corrected chi connectivity index (χ4v) is 3.44. The number of aromatic nitrogens is 4. The second kappa shape index (κ2) is 6.21. The zero-order chi connectivity index (χ0) is 17.4. The molecule has 1 saturated heterocycles. The number of pyridine rings is 1. The van der Waals surface area contributed by atoms with Crippen molar-refractivity contribution < 1.29 is 9.90 Å². The normalized spacial score (nSPS) is 20.3. The Balaban J connectivity index is 1.48. The summed E-state index contributed by atoms with van der Waals surface area (Å²) in [4.78, 5) is 21.7. The SMILES string of the molecule is Cn1cc([C@@H]2CN(C(=O)Nc3cc4cc[nH]c4cn3)C[C@H]2CO)cn1. The van der Waals surface area contributed by atoms with Gasteiger partial charge in [0.2, 0.25) is 0 Å². The maximum absolute atomic E-state index is 12.6. The number of nitrogens with zero attached hydrogens (tertiary/aromatic N) is 4. The molecule has 4 rings (SSSR count). The third-order valence-electron chi connectivity index (χ3n) is 4.79. The van der Waals surface area contributed by atoms with Crippen molar-refractivity contribution >= 4 is 22.8 Å². The number of aliphatic hydroxyl groups excluding tert-OH is 1. The van der Waals surface area contributed by atoms with E-state index < -0.39 is 0 Å². The fourth-order valence-electron chi connectivity index (χ4n) is 3.44. The number of rotatable bonds is 3. The van der Waals surface area contributed by atoms with Gasteiger partial charge in [-0.1, -0.05) is 0 Å². The number of likely N-dealkylation sites (tertiary alicyclic amines) is 1. The molecule has 4 heterocycles. The number of hydrogen-bond acceptors (Lipinski definition) is 4. The molecule has 0 bridgehead atoms. The minimum atomic E-state index is -0.202. The highest BCUT2D eigenvalue weighted by Gasteiger charge is 2.36. The number of urea groups is 1. The van der Waals surface area contributed by atoms with Gasteiger partial charge in [0, 0.05) is 56.4 Å². The van der Waals surface area contributed by atoms with Gasteiger partial charge in [0.15, 0.2) is 0 Å². The standard InChI is InChI=1S/C17H20N6O2/c1-22-7-12(5-20-22)14-9-23(8-13(14)10-24)17(25)21-16-4-11-2-3-18-15(11)6-19-16/h2-7,13-14,18,24H,8-10H2,1H3,(H,19,21,25)/t13-,14-/m0/s1. The van der Waals surface area contributed by atoms with E-state index in [0.29, 0.717) is 18.9 Å². The molecule has 0 spiro atoms. The highest BCUT2D eigenvalue weighted by atomic mass is 16.3. The van der Waals surface area contributed by atoms with E-state index in [9.17, 15) is 9.90 Å². The van der Waals surface area contributed by atoms with Gasteiger partial charge >= 0.3 is 6.03 Å². The van der Waals surface area contributed by atoms with Crippen molar-refractivity contribution in [3.63, 3.8) is 0 Å². The van der Waals surface area contributed by atoms with Crippen LogP contribution >= 0.6 is 0 Å². The predicted molar refractivity (Wildman–Crippen MR) is 93.2 cm³/mol. The molecule has 3 N–H and O–H groups in total. The Hall–Kier alpha value is -2.87. The Kier molecular flexibility index (Phi) is 3.89. The second-order valence-corrected chi connectivity index (χ2v) is 6.47. The molecule has 2 atom stereocenters. The lowest BCUT2D eigenvalue weighted by Crippen LogP contribution is -2.33. The van der Waals surface area contributed by atoms with Crippen LogP contribution in [0.3, 0.4) is 0 Å². The van der Waals surface area contributed by atoms with Gasteiger partial charge < -0.3 is 15.0 Å². The first-order chi connectivity index (χ1) is 12.1. The molecule has 3 aromatic rings. The summed E-state index contributed by atoms with van der Waals surface area (Å²) in [6.07, 6.45) is 7.28. The van der Waals surface area contributed by atoms with Crippen molar-refractivity contribution in [2.75, 3.05) is 25.0 Å². The average Bonchev–Trinajstić information content (AvgIpc) is 3.32. The Morgan fingerprint density at radius 2 is 2.32 bits per heavy atom. The van der Waals surface area contributed by atoms with E-state index in [4.69, 9.17) is 0 Å². The van der Waals surface area contributed by atoms with Crippen LogP contribution in [0, 0.1) is 5.92 Å². The van der Waals surface area contributed by atoms with E-state index in [0.717, 1.165) is 16.5 Å². The summed E-state index contributed by atoms with van der Waals surface area (Å²) in [6.45, 7) is 1.10. The Morgan fingerprint density at radius 3 is 3.08 bits per heavy atom. The summed E-state index contributed by atoms with van der Waals surface area (Å²) in [7, 11) is 1.86. The van der Waals surface area contributed by atoms with E-state index in [1.54, 1.807) is 22.0 Å². The Labute approximate surface area is 144 Å². The molecule has 3 aromatic heterocycles. The third-order valence-corrected chi connectivity index (χ3v) is 4.79. The molecule has 25 heavy (non-hydrogen) atoms. The van der Waals surface area contributed by atoms with E-state index in [-0.39, 0.29) is 24.5 Å². The number of aryl methyl sites for hydroxylation is 1. The van der Waals surface area contributed by atoms with Crippen LogP contribution in [0.15, 0.2) is 36.9 Å². The molecule has 0 aliphatic carbocycles. The Morgan fingerprint density at radius 1 is 1.44 bits per heavy atom. The molecule has 1 aliphatic rings. The molecule has 0 saturated carbocycles. The van der Waals surface area contributed by atoms with E-state index in [2.05, 4.69) is 20.4 Å². The monoisotopic (exact) mass is 340 g/mol. The van der Waals surface area contributed by atoms with E-state index in [1.165, 1.54) is 0 Å². The number of aliphatic hydroxyl groups is 1. The van der Waals surface area contributed by atoms with Gasteiger partial charge in [0.25, 0.3) is 0 Å². The molecule has 0 aromatic carbocycles. The van der Waals surface area contributed by atoms with Crippen LogP contribution in [0.2, 0.25) is 0 Å². The predicted octanol–water partition coefficient (Wildman–Crippen LogP) is 1.54. The van der Waals surface area contributed by atoms with Crippen LogP contribution in [0.25, 0.3) is 10.9 Å². The van der Waals surface area contributed by atoms with Gasteiger partial charge in [-0.2, -0.15) is 5.10 Å². The molecule has 8 heteroatoms. The lowest BCUT2D eigenvalue weighted by molar-refractivity contribution is 0.206. The van der Waals surface area contributed by atoms with Gasteiger partial charge in [-0.25, -0.2) is 9.78 Å². The van der Waals surface area contributed by atoms with Crippen LogP contribution in [0.5, 0.6) is 0 Å². The molecular formula is C17H20N6O2. The zero-order valence-corrected chi connectivity index (χ0v) is 13.9. The van der Waals surface area contributed by atoms with Crippen LogP contribution in [-0.4, -0.2) is 55.5 Å². The molecule has 0 unspecified atom stereocenters. The van der Waals surface area contributed by atoms with Crippen LogP contribution in [0.1, 0.15) is 11.5 Å². The minimum absolute atomic E-state index is 0.00932. The number of carbonyl (C=O) groups is 1. The summed E-state index contributed by atoms with van der Waals surface area (Å²) >= 11 is 0. The highest BCUT2D eigenvalue weighted by molar-refractivity contribution is 5.91. The summed E-state index contributed by atoms with van der Waals surface area (Å²) in [5.74, 6) is 0.613. The van der Waals surface area contributed by atoms with E-state index >= 15 is 0 Å². The third kappa shape index (κ3) is 2.96. The summed E-state index contributed by atoms with van der Waals surface area (Å²) in [5, 5.41) is 17.7. The minimum Gasteiger partial charge on any atom is -0.396 e. The van der Waals surface area contributed by atoms with Crippen molar-refractivity contribution in [1.29, 1.82) is 0 Å². The van der Waals surface area contributed by atoms with Gasteiger partial charge in [-0.05, 0) is 17.7 Å². The van der Waals surface area contributed by atoms with Crippen LogP contribution in [0.4, 0.5) is 10.6 Å². The Bertz CT molecular complexity index is 901. The van der Waals surface area contributed by atoms with Gasteiger partial charge in [-0.15, -0.1) is 0 Å². The summed E-state index contributed by atoms with van der Waals surface area (Å²) in [5.41, 5.74) is 1.97. The molecule has 2 amide bonds. The molecule has 1 fully saturated rings. The molecule has 1 aliphatic heterocycles. The van der Waals surface area contributed by atoms with Crippen molar-refractivity contribution in [1.82, 2.24) is 24.6 Å². The molecule has 8 nitrogen and oxygen atoms in total. The number of fused-ring (bicyclic) bond motifs is 1. The first-order valence-corrected chi connectivity index (χ1v) is 8.22. The van der Waals surface area contributed by atoms with Crippen molar-refractivity contribution in [3.05, 3.63) is 42.5 Å². The average molecular weight is 340 g/mol. The number of anilines is 1. The van der Waals surface area contributed by atoms with Crippen molar-refractivity contribution in [2.24, 2.45) is 13.0 Å². The zero-order valence-electron chi connectivity index (χ0n) is 13.9. The highest BCUT2D eigenvalue weighted by Crippen LogP contribution is 2.32. The number of nitrogens with one attached hydrogen (secondary N) is 2. The maximum atomic E-state index is 12.6. The number of amides is 2. The quantitative estimate of drug-likeness (QED) is 0.673. The second-order valence-electron chi connectivity index (χ2n) is 6.47. The van der Waals surface area contributed by atoms with Crippen molar-refractivity contribution in [2.45, 2.75) is 5.92 Å². The largest absolute Gasteiger partial charge is 0.396 e. The first kappa shape index (κ1) is 15.6. The van der Waals surface area contributed by atoms with E-state index in [1.807, 2.05) is 31.6 Å². The molecule has 130 valence electrons. The summed E-state index contributed by atoms with van der Waals surface area (Å²) < 4.78 is 1.74. The van der Waals surface area contributed by atoms with Crippen LogP contribution in [-0.2, 0) is 7.05 Å².